The van der Waals surface area contributed by atoms with E-state index in [0.717, 1.165) is 106 Å². The Hall–Kier alpha value is -9.23. The minimum atomic E-state index is -0.589. The molecule has 1 aliphatic heterocycles. The number of aryl methyl sites for hydroxylation is 1. The molecule has 5 aromatic heterocycles. The molecule has 364 valence electrons. The maximum absolute atomic E-state index is 11.7. The van der Waals surface area contributed by atoms with Crippen molar-refractivity contribution in [3.63, 3.8) is 0 Å². The highest BCUT2D eigenvalue weighted by molar-refractivity contribution is 8.00. The second kappa shape index (κ2) is 16.6. The van der Waals surface area contributed by atoms with Crippen molar-refractivity contribution in [3.05, 3.63) is 220 Å². The molecule has 0 amide bonds. The highest BCUT2D eigenvalue weighted by Gasteiger charge is 2.44. The van der Waals surface area contributed by atoms with Crippen LogP contribution < -0.4 is 0 Å². The molecule has 15 rings (SSSR count). The van der Waals surface area contributed by atoms with Gasteiger partial charge >= 0.3 is 0 Å². The fourth-order valence-electron chi connectivity index (χ4n) is 13.6. The van der Waals surface area contributed by atoms with Crippen LogP contribution in [0.1, 0.15) is 82.0 Å². The standard InChI is InChI=1S/C69H46N6S2/c1-6-19-53-40(4)44-20-9-13-24-54(44)72(53)56-26-17-27-57-67(56)50-34-48-46-22-11-15-29-63(46)76-65(48)36-61(50)73(57)59-32-42(39-71)60(33-41(59)38-70)74-58-28-18-31-69(5,75-52(8-3)43(7-2)45-21-10-14-25-55(45)75)68(58)51-35-49-47-23-12-16-30-64(47)77-66(49)37-62(51)74/h7-18,20-30,32-36,66H,2-3,31,37H2,1,4-5H3. The highest BCUT2D eigenvalue weighted by Crippen LogP contribution is 2.55. The smallest absolute Gasteiger partial charge is 0.101 e. The van der Waals surface area contributed by atoms with Gasteiger partial charge in [0.05, 0.1) is 56.0 Å². The van der Waals surface area contributed by atoms with Crippen LogP contribution in [0, 0.1) is 41.4 Å². The predicted octanol–water partition coefficient (Wildman–Crippen LogP) is 17.3. The normalized spacial score (nSPS) is 16.3. The summed E-state index contributed by atoms with van der Waals surface area (Å²) in [5.74, 6) is 6.70. The Morgan fingerprint density at radius 3 is 2.17 bits per heavy atom. The van der Waals surface area contributed by atoms with Crippen LogP contribution in [0.3, 0.4) is 0 Å². The van der Waals surface area contributed by atoms with Crippen LogP contribution in [0.25, 0.3) is 111 Å². The fraction of sp³-hybridized carbons (Fsp3) is 0.101. The Labute approximate surface area is 453 Å². The lowest BCUT2D eigenvalue weighted by molar-refractivity contribution is 0.404. The molecule has 8 heteroatoms. The third kappa shape index (κ3) is 6.07. The van der Waals surface area contributed by atoms with Crippen molar-refractivity contribution in [2.75, 3.05) is 0 Å². The van der Waals surface area contributed by atoms with Crippen LogP contribution in [-0.2, 0) is 12.0 Å². The summed E-state index contributed by atoms with van der Waals surface area (Å²) in [6, 6.07) is 54.9. The number of benzene rings is 7. The quantitative estimate of drug-likeness (QED) is 0.156. The van der Waals surface area contributed by atoms with E-state index in [1.54, 1.807) is 11.3 Å². The third-order valence-corrected chi connectivity index (χ3v) is 19.2. The lowest BCUT2D eigenvalue weighted by atomic mass is 9.79. The Balaban J connectivity index is 1.02. The van der Waals surface area contributed by atoms with E-state index < -0.39 is 5.54 Å². The number of hydrogen-bond acceptors (Lipinski definition) is 4. The fourth-order valence-corrected chi connectivity index (χ4v) is 16.0. The number of hydrogen-bond donors (Lipinski definition) is 0. The van der Waals surface area contributed by atoms with Crippen LogP contribution in [0.15, 0.2) is 164 Å². The van der Waals surface area contributed by atoms with Gasteiger partial charge in [0.15, 0.2) is 0 Å². The summed E-state index contributed by atoms with van der Waals surface area (Å²) in [4.78, 5) is 1.28. The Kier molecular flexibility index (Phi) is 9.76. The minimum Gasteiger partial charge on any atom is -0.330 e. The highest BCUT2D eigenvalue weighted by atomic mass is 32.2. The second-order valence-corrected chi connectivity index (χ2v) is 22.9. The molecular formula is C69H46N6S2. The van der Waals surface area contributed by atoms with Crippen molar-refractivity contribution >= 4 is 117 Å². The topological polar surface area (TPSA) is 67.3 Å². The van der Waals surface area contributed by atoms with Gasteiger partial charge in [0.25, 0.3) is 0 Å². The van der Waals surface area contributed by atoms with Crippen LogP contribution >= 0.6 is 23.1 Å². The van der Waals surface area contributed by atoms with Gasteiger partial charge in [0.2, 0.25) is 0 Å². The average Bonchev–Trinajstić information content (AvgIpc) is 4.50. The van der Waals surface area contributed by atoms with Gasteiger partial charge < -0.3 is 18.3 Å². The summed E-state index contributed by atoms with van der Waals surface area (Å²) < 4.78 is 11.7. The molecule has 0 saturated heterocycles. The maximum atomic E-state index is 11.7. The van der Waals surface area contributed by atoms with Crippen molar-refractivity contribution < 1.29 is 0 Å². The number of para-hydroxylation sites is 2. The number of aromatic nitrogens is 4. The zero-order valence-corrected chi connectivity index (χ0v) is 44.2. The summed E-state index contributed by atoms with van der Waals surface area (Å²) in [5.41, 5.74) is 18.0. The predicted molar refractivity (Wildman–Crippen MR) is 323 cm³/mol. The van der Waals surface area contributed by atoms with E-state index in [0.29, 0.717) is 22.5 Å². The first-order chi connectivity index (χ1) is 37.8. The summed E-state index contributed by atoms with van der Waals surface area (Å²) in [6.45, 7) is 15.1. The Morgan fingerprint density at radius 1 is 0.675 bits per heavy atom. The number of allylic oxidation sites excluding steroid dienone is 1. The third-order valence-electron chi connectivity index (χ3n) is 16.7. The molecule has 0 radical (unpaired) electrons. The first-order valence-electron chi connectivity index (χ1n) is 26.0. The van der Waals surface area contributed by atoms with Gasteiger partial charge in [-0.2, -0.15) is 10.5 Å². The molecule has 3 aliphatic rings. The molecule has 6 nitrogen and oxygen atoms in total. The summed E-state index contributed by atoms with van der Waals surface area (Å²) in [7, 11) is 0. The van der Waals surface area contributed by atoms with Crippen LogP contribution in [0.4, 0.5) is 0 Å². The molecule has 6 heterocycles. The zero-order valence-electron chi connectivity index (χ0n) is 42.6. The van der Waals surface area contributed by atoms with Crippen LogP contribution in [-0.4, -0.2) is 23.5 Å². The first-order valence-corrected chi connectivity index (χ1v) is 27.7. The number of fused-ring (bicyclic) bond motifs is 14. The van der Waals surface area contributed by atoms with Crippen molar-refractivity contribution in [1.82, 2.24) is 18.3 Å². The molecule has 0 bridgehead atoms. The van der Waals surface area contributed by atoms with E-state index in [1.807, 2.05) is 43.0 Å². The monoisotopic (exact) mass is 1020 g/mol. The molecule has 0 N–H and O–H groups in total. The maximum Gasteiger partial charge on any atom is 0.101 e. The van der Waals surface area contributed by atoms with Crippen molar-refractivity contribution in [1.29, 1.82) is 10.5 Å². The van der Waals surface area contributed by atoms with Crippen LogP contribution in [0.5, 0.6) is 0 Å². The van der Waals surface area contributed by atoms with Gasteiger partial charge in [-0.25, -0.2) is 0 Å². The van der Waals surface area contributed by atoms with Gasteiger partial charge in [-0.15, -0.1) is 23.1 Å². The summed E-state index contributed by atoms with van der Waals surface area (Å²) >= 11 is 3.69. The van der Waals surface area contributed by atoms with Crippen molar-refractivity contribution in [2.24, 2.45) is 0 Å². The lowest BCUT2D eigenvalue weighted by Gasteiger charge is -2.37. The largest absolute Gasteiger partial charge is 0.330 e. The van der Waals surface area contributed by atoms with Gasteiger partial charge in [0, 0.05) is 91.9 Å². The second-order valence-electron chi connectivity index (χ2n) is 20.6. The van der Waals surface area contributed by atoms with E-state index in [1.165, 1.54) is 37.1 Å². The van der Waals surface area contributed by atoms with E-state index in [-0.39, 0.29) is 5.25 Å². The molecule has 77 heavy (non-hydrogen) atoms. The molecule has 2 unspecified atom stereocenters. The van der Waals surface area contributed by atoms with Gasteiger partial charge in [0.1, 0.15) is 17.8 Å². The van der Waals surface area contributed by atoms with E-state index in [9.17, 15) is 10.5 Å². The lowest BCUT2D eigenvalue weighted by Crippen LogP contribution is -2.34. The molecule has 0 spiro atoms. The first kappa shape index (κ1) is 45.2. The van der Waals surface area contributed by atoms with Crippen molar-refractivity contribution in [3.8, 4) is 41.0 Å². The van der Waals surface area contributed by atoms with Crippen LogP contribution in [0.2, 0.25) is 0 Å². The molecular weight excluding hydrogens is 977 g/mol. The number of thiophene rings is 1. The van der Waals surface area contributed by atoms with Crippen molar-refractivity contribution in [2.45, 2.75) is 49.3 Å². The Bertz CT molecular complexity index is 4910. The van der Waals surface area contributed by atoms with Gasteiger partial charge in [-0.05, 0) is 129 Å². The van der Waals surface area contributed by atoms with E-state index in [2.05, 4.69) is 215 Å². The van der Waals surface area contributed by atoms with Gasteiger partial charge in [-0.1, -0.05) is 110 Å². The molecule has 0 saturated carbocycles. The number of thioether (sulfide) groups is 1. The summed E-state index contributed by atoms with van der Waals surface area (Å²) in [6.07, 6.45) is 12.3. The number of nitriles is 2. The molecule has 2 atom stereocenters. The SMILES string of the molecule is C=Cc1c(C=C)n(C2(C)CC=Cc3c2c2c(n3-c3cc(C#N)c(-n4c5cc6sc7ccccc7c6cc5c5c(-n6c(C#CC)c(C)c7ccccc76)cccc54)cc3C#N)CC3Sc4ccccc4C3=C2)c2ccccc12. The van der Waals surface area contributed by atoms with E-state index in [4.69, 9.17) is 0 Å². The average molecular weight is 1020 g/mol. The molecule has 7 aromatic carbocycles. The minimum absolute atomic E-state index is 0.177. The Morgan fingerprint density at radius 2 is 1.39 bits per heavy atom. The zero-order chi connectivity index (χ0) is 52.0. The number of nitrogens with zero attached hydrogens (tertiary/aromatic N) is 6. The summed E-state index contributed by atoms with van der Waals surface area (Å²) in [5, 5.41) is 30.3. The number of rotatable bonds is 6. The molecule has 0 fully saturated rings. The van der Waals surface area contributed by atoms with E-state index >= 15 is 0 Å². The van der Waals surface area contributed by atoms with Gasteiger partial charge in [-0.3, -0.25) is 0 Å². The molecule has 2 aliphatic carbocycles. The molecule has 12 aromatic rings.